The van der Waals surface area contributed by atoms with Gasteiger partial charge in [0, 0.05) is 17.6 Å². The number of likely N-dealkylation sites (N-methyl/N-ethyl adjacent to an activating group) is 1. The van der Waals surface area contributed by atoms with Gasteiger partial charge in [-0.3, -0.25) is 9.59 Å². The summed E-state index contributed by atoms with van der Waals surface area (Å²) < 4.78 is 13.6. The molecule has 0 radical (unpaired) electrons. The molecule has 0 bridgehead atoms. The molecular weight excluding hydrogens is 333 g/mol. The second-order valence-corrected chi connectivity index (χ2v) is 5.91. The maximum absolute atomic E-state index is 13.6. The Bertz CT molecular complexity index is 861. The van der Waals surface area contributed by atoms with Crippen LogP contribution in [0.1, 0.15) is 17.2 Å². The van der Waals surface area contributed by atoms with E-state index in [1.54, 1.807) is 30.3 Å². The van der Waals surface area contributed by atoms with E-state index in [0.717, 1.165) is 0 Å². The Labute approximate surface area is 142 Å². The van der Waals surface area contributed by atoms with Crippen LogP contribution >= 0.6 is 11.6 Å². The number of ketones is 1. The fourth-order valence-electron chi connectivity index (χ4n) is 2.78. The number of carbonyl (C=O) groups excluding carboxylic acids is 2. The first-order chi connectivity index (χ1) is 11.4. The average molecular weight is 346 g/mol. The molecule has 1 aliphatic heterocycles. The number of aliphatic hydroxyl groups is 1. The molecule has 1 atom stereocenters. The summed E-state index contributed by atoms with van der Waals surface area (Å²) in [7, 11) is 1.44. The number of rotatable bonds is 2. The molecule has 4 nitrogen and oxygen atoms in total. The lowest BCUT2D eigenvalue weighted by molar-refractivity contribution is -0.139. The molecular formula is C18H13ClFNO3. The number of carbonyl (C=O) groups is 2. The van der Waals surface area contributed by atoms with Gasteiger partial charge in [0.1, 0.15) is 11.6 Å². The SMILES string of the molecule is CN1C(=O)C(=O)/C(=C(\O)c2ccc(Cl)cc2)C1c1cccc(F)c1. The zero-order chi connectivity index (χ0) is 17.4. The van der Waals surface area contributed by atoms with Gasteiger partial charge in [0.25, 0.3) is 11.7 Å². The second-order valence-electron chi connectivity index (χ2n) is 5.47. The predicted molar refractivity (Wildman–Crippen MR) is 87.9 cm³/mol. The molecule has 1 fully saturated rings. The highest BCUT2D eigenvalue weighted by atomic mass is 35.5. The number of benzene rings is 2. The van der Waals surface area contributed by atoms with Gasteiger partial charge in [-0.05, 0) is 42.0 Å². The number of hydrogen-bond acceptors (Lipinski definition) is 3. The highest BCUT2D eigenvalue weighted by Crippen LogP contribution is 2.38. The summed E-state index contributed by atoms with van der Waals surface area (Å²) in [5.74, 6) is -2.36. The van der Waals surface area contributed by atoms with E-state index in [1.807, 2.05) is 0 Å². The van der Waals surface area contributed by atoms with E-state index < -0.39 is 23.5 Å². The monoisotopic (exact) mass is 345 g/mol. The van der Waals surface area contributed by atoms with E-state index in [9.17, 15) is 19.1 Å². The first-order valence-electron chi connectivity index (χ1n) is 7.16. The van der Waals surface area contributed by atoms with Crippen LogP contribution in [0.5, 0.6) is 0 Å². The minimum Gasteiger partial charge on any atom is -0.507 e. The minimum absolute atomic E-state index is 0.0737. The zero-order valence-electron chi connectivity index (χ0n) is 12.7. The van der Waals surface area contributed by atoms with Crippen molar-refractivity contribution in [3.63, 3.8) is 0 Å². The lowest BCUT2D eigenvalue weighted by Gasteiger charge is -2.21. The van der Waals surface area contributed by atoms with Gasteiger partial charge in [0.15, 0.2) is 0 Å². The Morgan fingerprint density at radius 1 is 1.17 bits per heavy atom. The molecule has 0 spiro atoms. The fourth-order valence-corrected chi connectivity index (χ4v) is 2.90. The van der Waals surface area contributed by atoms with Crippen molar-refractivity contribution < 1.29 is 19.1 Å². The molecule has 3 rings (SSSR count). The number of amides is 1. The van der Waals surface area contributed by atoms with Crippen LogP contribution in [0.25, 0.3) is 5.76 Å². The maximum atomic E-state index is 13.6. The summed E-state index contributed by atoms with van der Waals surface area (Å²) in [6, 6.07) is 11.0. The van der Waals surface area contributed by atoms with E-state index in [1.165, 1.54) is 30.1 Å². The van der Waals surface area contributed by atoms with Crippen LogP contribution in [0.4, 0.5) is 4.39 Å². The zero-order valence-corrected chi connectivity index (χ0v) is 13.4. The molecule has 24 heavy (non-hydrogen) atoms. The van der Waals surface area contributed by atoms with Crippen molar-refractivity contribution in [2.45, 2.75) is 6.04 Å². The first kappa shape index (κ1) is 16.2. The van der Waals surface area contributed by atoms with Crippen molar-refractivity contribution in [1.82, 2.24) is 4.90 Å². The highest BCUT2D eigenvalue weighted by Gasteiger charge is 2.44. The van der Waals surface area contributed by atoms with Gasteiger partial charge in [0.05, 0.1) is 11.6 Å². The van der Waals surface area contributed by atoms with Crippen molar-refractivity contribution in [3.8, 4) is 0 Å². The van der Waals surface area contributed by atoms with Crippen molar-refractivity contribution in [2.24, 2.45) is 0 Å². The lowest BCUT2D eigenvalue weighted by atomic mass is 9.95. The molecule has 0 aromatic heterocycles. The minimum atomic E-state index is -0.851. The molecule has 1 saturated heterocycles. The van der Waals surface area contributed by atoms with Gasteiger partial charge in [-0.25, -0.2) is 4.39 Å². The van der Waals surface area contributed by atoms with Gasteiger partial charge in [0.2, 0.25) is 0 Å². The number of Topliss-reactive ketones (excluding diaryl/α,β-unsaturated/α-hetero) is 1. The van der Waals surface area contributed by atoms with Gasteiger partial charge in [-0.1, -0.05) is 23.7 Å². The molecule has 1 N–H and O–H groups in total. The van der Waals surface area contributed by atoms with Crippen LogP contribution in [-0.2, 0) is 9.59 Å². The smallest absolute Gasteiger partial charge is 0.295 e. The Hall–Kier alpha value is -2.66. The van der Waals surface area contributed by atoms with Crippen LogP contribution < -0.4 is 0 Å². The predicted octanol–water partition coefficient (Wildman–Crippen LogP) is 3.53. The van der Waals surface area contributed by atoms with E-state index >= 15 is 0 Å². The topological polar surface area (TPSA) is 57.6 Å². The van der Waals surface area contributed by atoms with E-state index in [4.69, 9.17) is 11.6 Å². The molecule has 1 amide bonds. The van der Waals surface area contributed by atoms with Gasteiger partial charge >= 0.3 is 0 Å². The summed E-state index contributed by atoms with van der Waals surface area (Å²) >= 11 is 5.82. The molecule has 1 aliphatic rings. The Balaban J connectivity index is 2.18. The number of hydrogen-bond donors (Lipinski definition) is 1. The molecule has 0 saturated carbocycles. The second kappa shape index (κ2) is 6.09. The number of aliphatic hydroxyl groups excluding tert-OH is 1. The van der Waals surface area contributed by atoms with Crippen molar-refractivity contribution in [1.29, 1.82) is 0 Å². The summed E-state index contributed by atoms with van der Waals surface area (Å²) in [5, 5.41) is 11.0. The van der Waals surface area contributed by atoms with Crippen molar-refractivity contribution in [2.75, 3.05) is 7.05 Å². The van der Waals surface area contributed by atoms with E-state index in [2.05, 4.69) is 0 Å². The van der Waals surface area contributed by atoms with Crippen molar-refractivity contribution >= 4 is 29.1 Å². The third kappa shape index (κ3) is 2.67. The summed E-state index contributed by atoms with van der Waals surface area (Å²) in [5.41, 5.74) is 0.690. The third-order valence-electron chi connectivity index (χ3n) is 3.96. The van der Waals surface area contributed by atoms with Gasteiger partial charge < -0.3 is 10.0 Å². The number of halogens is 2. The molecule has 6 heteroatoms. The first-order valence-corrected chi connectivity index (χ1v) is 7.54. The average Bonchev–Trinajstić information content (AvgIpc) is 2.79. The lowest BCUT2D eigenvalue weighted by Crippen LogP contribution is -2.24. The van der Waals surface area contributed by atoms with E-state index in [-0.39, 0.29) is 11.3 Å². The number of nitrogens with zero attached hydrogens (tertiary/aromatic N) is 1. The third-order valence-corrected chi connectivity index (χ3v) is 4.21. The van der Waals surface area contributed by atoms with Crippen LogP contribution in [0.15, 0.2) is 54.1 Å². The summed E-state index contributed by atoms with van der Waals surface area (Å²) in [6.45, 7) is 0. The van der Waals surface area contributed by atoms with Crippen LogP contribution in [0.2, 0.25) is 5.02 Å². The fraction of sp³-hybridized carbons (Fsp3) is 0.111. The summed E-state index contributed by atoms with van der Waals surface area (Å²) in [4.78, 5) is 25.6. The standard InChI is InChI=1S/C18H13ClFNO3/c1-21-15(11-3-2-4-13(20)9-11)14(17(23)18(21)24)16(22)10-5-7-12(19)8-6-10/h2-9,15,22H,1H3/b16-14-. The number of likely N-dealkylation sites (tertiary alicyclic amines) is 1. The Kier molecular flexibility index (Phi) is 4.11. The molecule has 0 aliphatic carbocycles. The molecule has 1 unspecified atom stereocenters. The van der Waals surface area contributed by atoms with Crippen LogP contribution in [-0.4, -0.2) is 28.7 Å². The maximum Gasteiger partial charge on any atom is 0.295 e. The molecule has 2 aromatic carbocycles. The van der Waals surface area contributed by atoms with Crippen LogP contribution in [0.3, 0.4) is 0 Å². The van der Waals surface area contributed by atoms with E-state index in [0.29, 0.717) is 16.1 Å². The van der Waals surface area contributed by atoms with Gasteiger partial charge in [-0.15, -0.1) is 0 Å². The molecule has 122 valence electrons. The van der Waals surface area contributed by atoms with Crippen molar-refractivity contribution in [3.05, 3.63) is 76.1 Å². The quantitative estimate of drug-likeness (QED) is 0.514. The van der Waals surface area contributed by atoms with Gasteiger partial charge in [-0.2, -0.15) is 0 Å². The summed E-state index contributed by atoms with van der Waals surface area (Å²) in [6.07, 6.45) is 0. The normalized spacial score (nSPS) is 19.8. The molecule has 2 aromatic rings. The van der Waals surface area contributed by atoms with Crippen LogP contribution in [0, 0.1) is 5.82 Å². The Morgan fingerprint density at radius 3 is 2.46 bits per heavy atom. The Morgan fingerprint density at radius 2 is 1.83 bits per heavy atom. The largest absolute Gasteiger partial charge is 0.507 e. The highest BCUT2D eigenvalue weighted by molar-refractivity contribution is 6.46. The molecule has 1 heterocycles.